The predicted molar refractivity (Wildman–Crippen MR) is 104 cm³/mol. The molecule has 2 N–H and O–H groups in total. The highest BCUT2D eigenvalue weighted by Crippen LogP contribution is 2.23. The molecule has 1 saturated heterocycles. The Morgan fingerprint density at radius 1 is 1.20 bits per heavy atom. The van der Waals surface area contributed by atoms with Crippen LogP contribution in [0, 0.1) is 5.92 Å². The summed E-state index contributed by atoms with van der Waals surface area (Å²) in [5.74, 6) is 0.472. The van der Waals surface area contributed by atoms with Crippen LogP contribution in [0.5, 0.6) is 0 Å². The predicted octanol–water partition coefficient (Wildman–Crippen LogP) is 2.33. The van der Waals surface area contributed by atoms with Gasteiger partial charge in [0, 0.05) is 13.1 Å². The van der Waals surface area contributed by atoms with Crippen LogP contribution in [0.15, 0.2) is 24.3 Å². The molecule has 25 heavy (non-hydrogen) atoms. The van der Waals surface area contributed by atoms with Gasteiger partial charge in [-0.2, -0.15) is 0 Å². The third-order valence-corrected chi connectivity index (χ3v) is 5.68. The zero-order chi connectivity index (χ0) is 17.6. The largest absolute Gasteiger partial charge is 0.339 e. The molecule has 1 amide bonds. The Balaban J connectivity index is 0.00000312. The number of hydrogen-bond acceptors (Lipinski definition) is 4. The molecule has 0 aliphatic carbocycles. The van der Waals surface area contributed by atoms with E-state index in [-0.39, 0.29) is 24.1 Å². The van der Waals surface area contributed by atoms with Crippen molar-refractivity contribution in [2.45, 2.75) is 26.7 Å². The molecule has 0 unspecified atom stereocenters. The van der Waals surface area contributed by atoms with Gasteiger partial charge >= 0.3 is 0 Å². The van der Waals surface area contributed by atoms with E-state index in [0.29, 0.717) is 30.3 Å². The Morgan fingerprint density at radius 2 is 1.84 bits per heavy atom. The monoisotopic (exact) mass is 389 g/mol. The summed E-state index contributed by atoms with van der Waals surface area (Å²) < 4.78 is 26.1. The van der Waals surface area contributed by atoms with Crippen molar-refractivity contribution < 1.29 is 13.2 Å². The Bertz CT molecular complexity index is 659. The van der Waals surface area contributed by atoms with Crippen LogP contribution in [0.4, 0.5) is 5.69 Å². The third kappa shape index (κ3) is 6.17. The van der Waals surface area contributed by atoms with Gasteiger partial charge in [0.25, 0.3) is 5.91 Å². The number of piperidine rings is 1. The number of para-hydroxylation sites is 1. The first-order valence-corrected chi connectivity index (χ1v) is 10.2. The molecule has 1 aliphatic heterocycles. The van der Waals surface area contributed by atoms with E-state index in [4.69, 9.17) is 0 Å². The van der Waals surface area contributed by atoms with E-state index in [1.165, 1.54) is 0 Å². The minimum absolute atomic E-state index is 0. The number of hydrogen-bond donors (Lipinski definition) is 2. The number of carbonyl (C=O) groups excluding carboxylic acids is 1. The lowest BCUT2D eigenvalue weighted by Crippen LogP contribution is -2.41. The normalized spacial score (nSPS) is 15.5. The van der Waals surface area contributed by atoms with Crippen molar-refractivity contribution in [3.05, 3.63) is 29.8 Å². The van der Waals surface area contributed by atoms with Crippen LogP contribution in [-0.2, 0) is 10.0 Å². The molecule has 1 heterocycles. The smallest absolute Gasteiger partial charge is 0.255 e. The minimum atomic E-state index is -3.41. The second-order valence-electron chi connectivity index (χ2n) is 6.09. The maximum absolute atomic E-state index is 12.8. The van der Waals surface area contributed by atoms with E-state index in [9.17, 15) is 13.2 Å². The summed E-state index contributed by atoms with van der Waals surface area (Å²) in [7, 11) is -3.41. The second kappa shape index (κ2) is 9.99. The number of sulfonamides is 1. The quantitative estimate of drug-likeness (QED) is 0.750. The first-order valence-electron chi connectivity index (χ1n) is 8.56. The number of likely N-dealkylation sites (tertiary alicyclic amines) is 1. The molecule has 0 atom stereocenters. The minimum Gasteiger partial charge on any atom is -0.339 e. The van der Waals surface area contributed by atoms with Gasteiger partial charge in [-0.25, -0.2) is 8.42 Å². The van der Waals surface area contributed by atoms with Crippen LogP contribution < -0.4 is 10.0 Å². The molecule has 0 radical (unpaired) electrons. The number of rotatable bonds is 7. The van der Waals surface area contributed by atoms with Crippen LogP contribution in [0.25, 0.3) is 0 Å². The summed E-state index contributed by atoms with van der Waals surface area (Å²) in [6, 6.07) is 6.81. The van der Waals surface area contributed by atoms with Crippen LogP contribution in [0.3, 0.4) is 0 Å². The van der Waals surface area contributed by atoms with Gasteiger partial charge in [0.2, 0.25) is 10.0 Å². The van der Waals surface area contributed by atoms with E-state index in [1.807, 2.05) is 4.90 Å². The summed E-state index contributed by atoms with van der Waals surface area (Å²) in [5.41, 5.74) is 0.777. The summed E-state index contributed by atoms with van der Waals surface area (Å²) in [6.45, 7) is 7.04. The third-order valence-electron chi connectivity index (χ3n) is 4.39. The van der Waals surface area contributed by atoms with Crippen molar-refractivity contribution >= 4 is 34.0 Å². The number of halogens is 1. The fourth-order valence-corrected chi connectivity index (χ4v) is 3.51. The van der Waals surface area contributed by atoms with Crippen LogP contribution in [0.1, 0.15) is 37.0 Å². The number of nitrogens with zero attached hydrogens (tertiary/aromatic N) is 1. The van der Waals surface area contributed by atoms with E-state index in [2.05, 4.69) is 17.0 Å². The number of carbonyl (C=O) groups is 1. The zero-order valence-electron chi connectivity index (χ0n) is 14.8. The molecule has 6 nitrogen and oxygen atoms in total. The van der Waals surface area contributed by atoms with Crippen molar-refractivity contribution in [2.75, 3.05) is 36.7 Å². The zero-order valence-corrected chi connectivity index (χ0v) is 16.5. The van der Waals surface area contributed by atoms with Gasteiger partial charge < -0.3 is 10.2 Å². The van der Waals surface area contributed by atoms with E-state index < -0.39 is 10.0 Å². The molecule has 2 rings (SSSR count). The SMILES string of the molecule is CCNCC1CCN(C(=O)c2ccccc2NS(=O)(=O)CC)CC1.Cl. The number of anilines is 1. The molecule has 0 spiro atoms. The lowest BCUT2D eigenvalue weighted by Gasteiger charge is -2.32. The fraction of sp³-hybridized carbons (Fsp3) is 0.588. The molecule has 1 fully saturated rings. The molecule has 142 valence electrons. The summed E-state index contributed by atoms with van der Waals surface area (Å²) in [5, 5.41) is 3.35. The molecule has 0 bridgehead atoms. The maximum Gasteiger partial charge on any atom is 0.255 e. The Kier molecular flexibility index (Phi) is 8.68. The average molecular weight is 390 g/mol. The average Bonchev–Trinajstić information content (AvgIpc) is 2.60. The van der Waals surface area contributed by atoms with E-state index in [0.717, 1.165) is 25.9 Å². The lowest BCUT2D eigenvalue weighted by atomic mass is 9.96. The summed E-state index contributed by atoms with van der Waals surface area (Å²) in [6.07, 6.45) is 1.95. The number of benzene rings is 1. The molecule has 1 aliphatic rings. The standard InChI is InChI=1S/C17H27N3O3S.ClH/c1-3-18-13-14-9-11-20(12-10-14)17(21)15-7-5-6-8-16(15)19-24(22,23)4-2;/h5-8,14,18-19H,3-4,9-13H2,1-2H3;1H. The second-order valence-corrected chi connectivity index (χ2v) is 8.11. The van der Waals surface area contributed by atoms with Gasteiger partial charge in [0.15, 0.2) is 0 Å². The van der Waals surface area contributed by atoms with Crippen LogP contribution in [-0.4, -0.2) is 51.2 Å². The molecule has 0 aromatic heterocycles. The van der Waals surface area contributed by atoms with E-state index >= 15 is 0 Å². The molecule has 1 aromatic rings. The van der Waals surface area contributed by atoms with Crippen molar-refractivity contribution in [2.24, 2.45) is 5.92 Å². The molecule has 0 saturated carbocycles. The van der Waals surface area contributed by atoms with E-state index in [1.54, 1.807) is 31.2 Å². The Morgan fingerprint density at radius 3 is 2.44 bits per heavy atom. The van der Waals surface area contributed by atoms with Gasteiger partial charge in [-0.05, 0) is 50.9 Å². The highest BCUT2D eigenvalue weighted by Gasteiger charge is 2.25. The topological polar surface area (TPSA) is 78.5 Å². The van der Waals surface area contributed by atoms with Crippen molar-refractivity contribution in [3.8, 4) is 0 Å². The van der Waals surface area contributed by atoms with Gasteiger partial charge in [0.05, 0.1) is 17.0 Å². The van der Waals surface area contributed by atoms with Gasteiger partial charge in [-0.1, -0.05) is 19.1 Å². The van der Waals surface area contributed by atoms with Crippen molar-refractivity contribution in [1.82, 2.24) is 10.2 Å². The van der Waals surface area contributed by atoms with Gasteiger partial charge in [0.1, 0.15) is 0 Å². The summed E-state index contributed by atoms with van der Waals surface area (Å²) in [4.78, 5) is 14.6. The fourth-order valence-electron chi connectivity index (χ4n) is 2.86. The first kappa shape index (κ1) is 21.7. The molecule has 1 aromatic carbocycles. The number of amides is 1. The van der Waals surface area contributed by atoms with Crippen LogP contribution in [0.2, 0.25) is 0 Å². The molecule has 8 heteroatoms. The first-order chi connectivity index (χ1) is 11.5. The Labute approximate surface area is 156 Å². The van der Waals surface area contributed by atoms with Crippen molar-refractivity contribution in [3.63, 3.8) is 0 Å². The van der Waals surface area contributed by atoms with Crippen molar-refractivity contribution in [1.29, 1.82) is 0 Å². The maximum atomic E-state index is 12.8. The van der Waals surface area contributed by atoms with Gasteiger partial charge in [-0.3, -0.25) is 9.52 Å². The van der Waals surface area contributed by atoms with Gasteiger partial charge in [-0.15, -0.1) is 12.4 Å². The summed E-state index contributed by atoms with van der Waals surface area (Å²) >= 11 is 0. The highest BCUT2D eigenvalue weighted by atomic mass is 35.5. The highest BCUT2D eigenvalue weighted by molar-refractivity contribution is 7.92. The lowest BCUT2D eigenvalue weighted by molar-refractivity contribution is 0.0691. The van der Waals surface area contributed by atoms with Crippen LogP contribution >= 0.6 is 12.4 Å². The Hall–Kier alpha value is -1.31. The molecular weight excluding hydrogens is 362 g/mol. The number of nitrogens with one attached hydrogen (secondary N) is 2. The molecular formula is C17H28ClN3O3S.